The van der Waals surface area contributed by atoms with Gasteiger partial charge in [-0.1, -0.05) is 74.5 Å². The zero-order valence-corrected chi connectivity index (χ0v) is 38.6. The number of carbonyl (C=O) groups excluding carboxylic acids is 9. The summed E-state index contributed by atoms with van der Waals surface area (Å²) in [5.41, 5.74) is 12.6. The fourth-order valence-electron chi connectivity index (χ4n) is 7.21. The molecule has 0 aliphatic carbocycles. The Bertz CT molecular complexity index is 2110. The molecular weight excluding hydrogens is 905 g/mol. The summed E-state index contributed by atoms with van der Waals surface area (Å²) in [5.74, 6) is -10.1. The van der Waals surface area contributed by atoms with Crippen LogP contribution < -0.4 is 48.7 Å². The van der Waals surface area contributed by atoms with Crippen LogP contribution in [0.25, 0.3) is 0 Å². The first-order valence-corrected chi connectivity index (χ1v) is 22.3. The van der Waals surface area contributed by atoms with Gasteiger partial charge in [0.15, 0.2) is 6.04 Å². The number of nitrogens with zero attached hydrogens (tertiary/aromatic N) is 1. The zero-order valence-electron chi connectivity index (χ0n) is 38.6. The lowest BCUT2D eigenvalue weighted by molar-refractivity contribution is -0.146. The van der Waals surface area contributed by atoms with E-state index in [1.807, 2.05) is 0 Å². The maximum Gasteiger partial charge on any atom is 0.328 e. The Hall–Kier alpha value is -7.02. The summed E-state index contributed by atoms with van der Waals surface area (Å²) in [7, 11) is 0. The van der Waals surface area contributed by atoms with E-state index in [0.717, 1.165) is 5.56 Å². The molecular formula is C45H64N10O14. The van der Waals surface area contributed by atoms with Crippen LogP contribution in [0.1, 0.15) is 57.6 Å². The van der Waals surface area contributed by atoms with Gasteiger partial charge in [0.05, 0.1) is 31.9 Å². The molecule has 0 bridgehead atoms. The average Bonchev–Trinajstić information content (AvgIpc) is 3.81. The van der Waals surface area contributed by atoms with Crippen molar-refractivity contribution >= 4 is 59.1 Å². The van der Waals surface area contributed by atoms with Crippen LogP contribution in [0.4, 0.5) is 0 Å². The van der Waals surface area contributed by atoms with Gasteiger partial charge in [0.25, 0.3) is 0 Å². The second-order valence-electron chi connectivity index (χ2n) is 16.9. The van der Waals surface area contributed by atoms with Gasteiger partial charge in [-0.2, -0.15) is 0 Å². The van der Waals surface area contributed by atoms with Crippen molar-refractivity contribution in [1.29, 1.82) is 0 Å². The van der Waals surface area contributed by atoms with Crippen LogP contribution >= 0.6 is 0 Å². The topological polar surface area (TPSA) is 391 Å². The van der Waals surface area contributed by atoms with Gasteiger partial charge in [-0.3, -0.25) is 43.2 Å². The summed E-state index contributed by atoms with van der Waals surface area (Å²) in [5, 5.41) is 56.0. The van der Waals surface area contributed by atoms with Gasteiger partial charge in [-0.25, -0.2) is 4.79 Å². The molecule has 0 unspecified atom stereocenters. The summed E-state index contributed by atoms with van der Waals surface area (Å²) in [6.07, 6.45) is -1.46. The molecule has 1 saturated heterocycles. The Labute approximate surface area is 398 Å². The van der Waals surface area contributed by atoms with Gasteiger partial charge in [0.2, 0.25) is 53.2 Å². The van der Waals surface area contributed by atoms with Crippen LogP contribution in [0.5, 0.6) is 0 Å². The lowest BCUT2D eigenvalue weighted by Gasteiger charge is -2.32. The second-order valence-corrected chi connectivity index (χ2v) is 16.9. The van der Waals surface area contributed by atoms with E-state index >= 15 is 0 Å². The van der Waals surface area contributed by atoms with Crippen LogP contribution in [-0.4, -0.2) is 165 Å². The van der Waals surface area contributed by atoms with E-state index < -0.39 is 139 Å². The van der Waals surface area contributed by atoms with Crippen molar-refractivity contribution in [3.8, 4) is 0 Å². The molecule has 69 heavy (non-hydrogen) atoms. The van der Waals surface area contributed by atoms with E-state index in [-0.39, 0.29) is 38.6 Å². The minimum Gasteiger partial charge on any atom is -0.480 e. The SMILES string of the molecule is CC(C)[C@H](NC(=O)[C@H](CO)NC(=O)[C@H](CO)NC(=O)CNC(=O)[C@H](CCC(N)=O)NC(=O)[C@@H](N)Cc1ccccc1)C(=O)N1CCC[C@H]1C(=O)N[C@@H](Cc1ccccc1)C(=O)N[C@H](C(=O)O)[C@@H](C)O. The molecule has 9 amide bonds. The number of nitrogens with one attached hydrogen (secondary N) is 7. The quantitative estimate of drug-likeness (QED) is 0.0400. The number of aliphatic carboxylic acids is 1. The van der Waals surface area contributed by atoms with Crippen LogP contribution in [0.3, 0.4) is 0 Å². The van der Waals surface area contributed by atoms with E-state index in [9.17, 15) is 68.4 Å². The molecule has 0 aromatic heterocycles. The molecule has 1 fully saturated rings. The number of aliphatic hydroxyl groups excluding tert-OH is 3. The zero-order chi connectivity index (χ0) is 51.4. The second kappa shape index (κ2) is 27.7. The Balaban J connectivity index is 1.64. The molecule has 3 rings (SSSR count). The molecule has 1 aliphatic heterocycles. The highest BCUT2D eigenvalue weighted by Crippen LogP contribution is 2.21. The molecule has 2 aromatic rings. The highest BCUT2D eigenvalue weighted by molar-refractivity contribution is 5.98. The number of benzene rings is 2. The monoisotopic (exact) mass is 968 g/mol. The van der Waals surface area contributed by atoms with Crippen molar-refractivity contribution < 1.29 is 68.4 Å². The molecule has 2 aromatic carbocycles. The summed E-state index contributed by atoms with van der Waals surface area (Å²) in [6, 6.07) is 5.96. The van der Waals surface area contributed by atoms with E-state index in [0.29, 0.717) is 12.0 Å². The Kier molecular flexibility index (Phi) is 22.6. The maximum atomic E-state index is 14.1. The van der Waals surface area contributed by atoms with E-state index in [1.165, 1.54) is 11.8 Å². The normalized spacial score (nSPS) is 16.8. The third-order valence-electron chi connectivity index (χ3n) is 11.1. The number of carbonyl (C=O) groups is 10. The number of hydrogen-bond acceptors (Lipinski definition) is 14. The highest BCUT2D eigenvalue weighted by Gasteiger charge is 2.41. The summed E-state index contributed by atoms with van der Waals surface area (Å²) in [6.45, 7) is 1.62. The summed E-state index contributed by atoms with van der Waals surface area (Å²) < 4.78 is 0. The first kappa shape index (κ1) is 56.3. The number of amides is 9. The van der Waals surface area contributed by atoms with Crippen molar-refractivity contribution in [3.05, 3.63) is 71.8 Å². The predicted molar refractivity (Wildman–Crippen MR) is 244 cm³/mol. The van der Waals surface area contributed by atoms with Gasteiger partial charge < -0.3 is 74.0 Å². The summed E-state index contributed by atoms with van der Waals surface area (Å²) >= 11 is 0. The molecule has 0 spiro atoms. The van der Waals surface area contributed by atoms with Gasteiger partial charge in [-0.05, 0) is 49.7 Å². The van der Waals surface area contributed by atoms with Gasteiger partial charge in [0.1, 0.15) is 36.3 Å². The average molecular weight is 969 g/mol. The highest BCUT2D eigenvalue weighted by atomic mass is 16.4. The molecule has 378 valence electrons. The number of primary amides is 1. The van der Waals surface area contributed by atoms with Crippen LogP contribution in [-0.2, 0) is 60.8 Å². The lowest BCUT2D eigenvalue weighted by Crippen LogP contribution is -2.61. The molecule has 9 atom stereocenters. The van der Waals surface area contributed by atoms with Crippen molar-refractivity contribution in [2.45, 2.75) is 114 Å². The number of carboxylic acid groups (broad SMARTS) is 1. The number of rotatable bonds is 27. The minimum absolute atomic E-state index is 0.0682. The smallest absolute Gasteiger partial charge is 0.328 e. The van der Waals surface area contributed by atoms with Crippen LogP contribution in [0.2, 0.25) is 0 Å². The first-order valence-electron chi connectivity index (χ1n) is 22.3. The molecule has 0 radical (unpaired) electrons. The van der Waals surface area contributed by atoms with Gasteiger partial charge in [0, 0.05) is 19.4 Å². The van der Waals surface area contributed by atoms with E-state index in [1.54, 1.807) is 74.5 Å². The number of carboxylic acids is 1. The first-order chi connectivity index (χ1) is 32.7. The largest absolute Gasteiger partial charge is 0.480 e. The third kappa shape index (κ3) is 17.9. The number of aliphatic hydroxyl groups is 3. The predicted octanol–water partition coefficient (Wildman–Crippen LogP) is -4.81. The van der Waals surface area contributed by atoms with Crippen molar-refractivity contribution in [3.63, 3.8) is 0 Å². The Morgan fingerprint density at radius 3 is 1.72 bits per heavy atom. The molecule has 24 heteroatoms. The molecule has 15 N–H and O–H groups in total. The standard InChI is InChI=1S/C45H64N10O14/c1-24(2)36(44(67)55-18-10-15-33(55)43(66)51-30(20-27-13-8-5-9-14-27)40(63)54-37(25(3)58)45(68)69)53-42(65)32(23-57)52-41(64)31(22-56)49-35(60)21-48-39(62)29(16-17-34(47)59)50-38(61)28(46)19-26-11-6-4-7-12-26/h4-9,11-14,24-25,28-33,36-37,56-58H,10,15-23,46H2,1-3H3,(H2,47,59)(H,48,62)(H,49,60)(H,50,61)(H,51,66)(H,52,64)(H,53,65)(H,54,63)(H,68,69)/t25-,28+,29+,30+,31+,32+,33+,36+,37+/m1/s1. The maximum absolute atomic E-state index is 14.1. The number of likely N-dealkylation sites (tertiary alicyclic amines) is 1. The van der Waals surface area contributed by atoms with Crippen molar-refractivity contribution in [2.24, 2.45) is 17.4 Å². The molecule has 1 aliphatic rings. The summed E-state index contributed by atoms with van der Waals surface area (Å²) in [4.78, 5) is 131. The van der Waals surface area contributed by atoms with Gasteiger partial charge >= 0.3 is 5.97 Å². The van der Waals surface area contributed by atoms with Gasteiger partial charge in [-0.15, -0.1) is 0 Å². The Morgan fingerprint density at radius 2 is 1.19 bits per heavy atom. The lowest BCUT2D eigenvalue weighted by atomic mass is 10.0. The molecule has 0 saturated carbocycles. The van der Waals surface area contributed by atoms with E-state index in [4.69, 9.17) is 11.5 Å². The van der Waals surface area contributed by atoms with Crippen molar-refractivity contribution in [1.82, 2.24) is 42.1 Å². The minimum atomic E-state index is -1.73. The third-order valence-corrected chi connectivity index (χ3v) is 11.1. The number of hydrogen-bond donors (Lipinski definition) is 13. The fraction of sp³-hybridized carbons (Fsp3) is 0.511. The van der Waals surface area contributed by atoms with Crippen LogP contribution in [0, 0.1) is 5.92 Å². The molecule has 1 heterocycles. The van der Waals surface area contributed by atoms with E-state index in [2.05, 4.69) is 37.2 Å². The Morgan fingerprint density at radius 1 is 0.667 bits per heavy atom. The van der Waals surface area contributed by atoms with Crippen LogP contribution in [0.15, 0.2) is 60.7 Å². The fourth-order valence-corrected chi connectivity index (χ4v) is 7.21. The van der Waals surface area contributed by atoms with Crippen molar-refractivity contribution in [2.75, 3.05) is 26.3 Å². The number of nitrogens with two attached hydrogens (primary N) is 2. The molecule has 24 nitrogen and oxygen atoms in total.